The van der Waals surface area contributed by atoms with E-state index in [4.69, 9.17) is 0 Å². The zero-order valence-corrected chi connectivity index (χ0v) is 12.4. The van der Waals surface area contributed by atoms with E-state index in [0.29, 0.717) is 17.4 Å². The molecule has 1 atom stereocenters. The van der Waals surface area contributed by atoms with Gasteiger partial charge in [0.15, 0.2) is 0 Å². The summed E-state index contributed by atoms with van der Waals surface area (Å²) in [5, 5.41) is 6.05. The minimum Gasteiger partial charge on any atom is -0.352 e. The van der Waals surface area contributed by atoms with Gasteiger partial charge >= 0.3 is 0 Å². The van der Waals surface area contributed by atoms with E-state index < -0.39 is 0 Å². The lowest BCUT2D eigenvalue weighted by molar-refractivity contribution is 0.0947. The van der Waals surface area contributed by atoms with E-state index >= 15 is 0 Å². The van der Waals surface area contributed by atoms with Gasteiger partial charge in [0.05, 0.1) is 5.56 Å². The first-order valence-corrected chi connectivity index (χ1v) is 7.10. The first-order valence-electron chi connectivity index (χ1n) is 7.10. The topological polar surface area (TPSA) is 70.2 Å². The predicted molar refractivity (Wildman–Crippen MR) is 78.7 cm³/mol. The highest BCUT2D eigenvalue weighted by Gasteiger charge is 2.20. The Bertz CT molecular complexity index is 445. The molecule has 1 aromatic heterocycles. The smallest absolute Gasteiger partial charge is 0.254 e. The molecule has 1 aliphatic heterocycles. The Balaban J connectivity index is 1.83. The number of carbonyl (C=O) groups is 1. The first-order chi connectivity index (χ1) is 9.54. The fourth-order valence-corrected chi connectivity index (χ4v) is 2.31. The molecule has 1 amide bonds. The molecule has 6 nitrogen and oxygen atoms in total. The molecule has 6 heteroatoms. The van der Waals surface area contributed by atoms with E-state index in [9.17, 15) is 4.79 Å². The summed E-state index contributed by atoms with van der Waals surface area (Å²) >= 11 is 0. The van der Waals surface area contributed by atoms with Crippen LogP contribution in [0.3, 0.4) is 0 Å². The Labute approximate surface area is 120 Å². The van der Waals surface area contributed by atoms with Crippen LogP contribution in [0.15, 0.2) is 12.4 Å². The zero-order chi connectivity index (χ0) is 14.5. The van der Waals surface area contributed by atoms with E-state index in [1.165, 1.54) is 0 Å². The number of aromatic nitrogens is 2. The zero-order valence-electron chi connectivity index (χ0n) is 12.4. The van der Waals surface area contributed by atoms with Crippen molar-refractivity contribution in [2.75, 3.05) is 32.0 Å². The Morgan fingerprint density at radius 2 is 2.15 bits per heavy atom. The van der Waals surface area contributed by atoms with Gasteiger partial charge in [-0.15, -0.1) is 0 Å². The summed E-state index contributed by atoms with van der Waals surface area (Å²) < 4.78 is 0. The van der Waals surface area contributed by atoms with Crippen molar-refractivity contribution in [3.8, 4) is 0 Å². The minimum absolute atomic E-state index is 0.101. The molecule has 0 aromatic carbocycles. The third kappa shape index (κ3) is 4.16. The molecule has 1 saturated heterocycles. The van der Waals surface area contributed by atoms with Crippen LogP contribution in [0.5, 0.6) is 0 Å². The maximum absolute atomic E-state index is 12.0. The van der Waals surface area contributed by atoms with E-state index in [2.05, 4.69) is 32.5 Å². The summed E-state index contributed by atoms with van der Waals surface area (Å²) in [7, 11) is 2.11. The Morgan fingerprint density at radius 3 is 2.70 bits per heavy atom. The van der Waals surface area contributed by atoms with Crippen LogP contribution < -0.4 is 10.6 Å². The van der Waals surface area contributed by atoms with Gasteiger partial charge < -0.3 is 15.5 Å². The molecule has 1 fully saturated rings. The molecule has 0 saturated carbocycles. The lowest BCUT2D eigenvalue weighted by atomic mass is 10.1. The average molecular weight is 277 g/mol. The molecule has 2 rings (SSSR count). The van der Waals surface area contributed by atoms with Crippen LogP contribution in [0.4, 0.5) is 5.95 Å². The maximum Gasteiger partial charge on any atom is 0.254 e. The normalized spacial score (nSPS) is 19.3. The van der Waals surface area contributed by atoms with Crippen LogP contribution in [0.2, 0.25) is 0 Å². The summed E-state index contributed by atoms with van der Waals surface area (Å²) in [5.41, 5.74) is 0.505. The summed E-state index contributed by atoms with van der Waals surface area (Å²) in [4.78, 5) is 22.6. The van der Waals surface area contributed by atoms with Crippen molar-refractivity contribution in [3.05, 3.63) is 18.0 Å². The maximum atomic E-state index is 12.0. The second-order valence-electron chi connectivity index (χ2n) is 5.72. The second-order valence-corrected chi connectivity index (χ2v) is 5.72. The number of nitrogens with zero attached hydrogens (tertiary/aromatic N) is 3. The molecule has 2 N–H and O–H groups in total. The number of hydrogen-bond donors (Lipinski definition) is 2. The van der Waals surface area contributed by atoms with Crippen LogP contribution in [-0.2, 0) is 0 Å². The van der Waals surface area contributed by atoms with Gasteiger partial charge in [0.2, 0.25) is 5.95 Å². The third-order valence-corrected chi connectivity index (χ3v) is 3.37. The predicted octanol–water partition coefficient (Wildman–Crippen LogP) is 0.978. The van der Waals surface area contributed by atoms with Crippen LogP contribution >= 0.6 is 0 Å². The second kappa shape index (κ2) is 6.65. The van der Waals surface area contributed by atoms with Crippen molar-refractivity contribution in [1.82, 2.24) is 20.2 Å². The summed E-state index contributed by atoms with van der Waals surface area (Å²) in [5.74, 6) is 0.997. The summed E-state index contributed by atoms with van der Waals surface area (Å²) in [6.07, 6.45) is 4.27. The first kappa shape index (κ1) is 14.7. The number of likely N-dealkylation sites (tertiary alicyclic amines) is 1. The molecule has 2 heterocycles. The molecule has 0 unspecified atom stereocenters. The molecule has 1 aromatic rings. The lowest BCUT2D eigenvalue weighted by Gasteiger charge is -2.12. The number of hydrogen-bond acceptors (Lipinski definition) is 5. The summed E-state index contributed by atoms with van der Waals surface area (Å²) in [6.45, 7) is 6.91. The molecule has 0 radical (unpaired) electrons. The standard InChI is InChI=1S/C14H23N5O/c1-10(2)18-14-16-7-12(8-17-14)13(20)15-6-11-4-5-19(3)9-11/h7-8,10-11H,4-6,9H2,1-3H3,(H,15,20)(H,16,17,18)/t11-/m1/s1. The fourth-order valence-electron chi connectivity index (χ4n) is 2.31. The number of rotatable bonds is 5. The van der Waals surface area contributed by atoms with Gasteiger partial charge in [-0.1, -0.05) is 0 Å². The monoisotopic (exact) mass is 277 g/mol. The molecule has 20 heavy (non-hydrogen) atoms. The molecular formula is C14H23N5O. The molecule has 110 valence electrons. The van der Waals surface area contributed by atoms with Gasteiger partial charge in [0, 0.05) is 31.5 Å². The van der Waals surface area contributed by atoms with Crippen molar-refractivity contribution >= 4 is 11.9 Å². The van der Waals surface area contributed by atoms with Gasteiger partial charge in [0.25, 0.3) is 5.91 Å². The Morgan fingerprint density at radius 1 is 1.45 bits per heavy atom. The molecule has 0 spiro atoms. The van der Waals surface area contributed by atoms with Crippen molar-refractivity contribution < 1.29 is 4.79 Å². The van der Waals surface area contributed by atoms with Crippen molar-refractivity contribution in [3.63, 3.8) is 0 Å². The number of carbonyl (C=O) groups excluding carboxylic acids is 1. The van der Waals surface area contributed by atoms with Crippen molar-refractivity contribution in [1.29, 1.82) is 0 Å². The SMILES string of the molecule is CC(C)Nc1ncc(C(=O)NC[C@H]2CCN(C)C2)cn1. The van der Waals surface area contributed by atoms with Gasteiger partial charge in [-0.25, -0.2) is 9.97 Å². The Hall–Kier alpha value is -1.69. The highest BCUT2D eigenvalue weighted by Crippen LogP contribution is 2.13. The molecule has 0 bridgehead atoms. The average Bonchev–Trinajstić information content (AvgIpc) is 2.82. The van der Waals surface area contributed by atoms with Gasteiger partial charge in [-0.05, 0) is 39.8 Å². The van der Waals surface area contributed by atoms with E-state index in [1.54, 1.807) is 12.4 Å². The molecule has 0 aliphatic carbocycles. The van der Waals surface area contributed by atoms with E-state index in [-0.39, 0.29) is 11.9 Å². The van der Waals surface area contributed by atoms with Crippen LogP contribution in [0, 0.1) is 5.92 Å². The van der Waals surface area contributed by atoms with E-state index in [1.807, 2.05) is 13.8 Å². The van der Waals surface area contributed by atoms with Gasteiger partial charge in [0.1, 0.15) is 0 Å². The van der Waals surface area contributed by atoms with Crippen LogP contribution in [0.1, 0.15) is 30.6 Å². The Kier molecular flexibility index (Phi) is 4.89. The van der Waals surface area contributed by atoms with Crippen molar-refractivity contribution in [2.45, 2.75) is 26.3 Å². The van der Waals surface area contributed by atoms with Crippen molar-refractivity contribution in [2.24, 2.45) is 5.92 Å². The number of nitrogens with one attached hydrogen (secondary N) is 2. The molecular weight excluding hydrogens is 254 g/mol. The van der Waals surface area contributed by atoms with E-state index in [0.717, 1.165) is 26.1 Å². The van der Waals surface area contributed by atoms with Crippen LogP contribution in [-0.4, -0.2) is 53.5 Å². The lowest BCUT2D eigenvalue weighted by Crippen LogP contribution is -2.30. The minimum atomic E-state index is -0.101. The van der Waals surface area contributed by atoms with Crippen LogP contribution in [0.25, 0.3) is 0 Å². The van der Waals surface area contributed by atoms with Gasteiger partial charge in [-0.2, -0.15) is 0 Å². The number of amides is 1. The quantitative estimate of drug-likeness (QED) is 0.839. The highest BCUT2D eigenvalue weighted by atomic mass is 16.1. The highest BCUT2D eigenvalue weighted by molar-refractivity contribution is 5.93. The third-order valence-electron chi connectivity index (χ3n) is 3.37. The van der Waals surface area contributed by atoms with Gasteiger partial charge in [-0.3, -0.25) is 4.79 Å². The summed E-state index contributed by atoms with van der Waals surface area (Å²) in [6, 6.07) is 0.272. The largest absolute Gasteiger partial charge is 0.352 e. The fraction of sp³-hybridized carbons (Fsp3) is 0.643. The molecule has 1 aliphatic rings. The number of anilines is 1.